The number of aromatic nitrogens is 3. The van der Waals surface area contributed by atoms with Crippen LogP contribution in [-0.2, 0) is 17.6 Å². The number of rotatable bonds is 5. The van der Waals surface area contributed by atoms with Crippen LogP contribution < -0.4 is 5.32 Å². The number of nitrogens with zero attached hydrogens (tertiary/aromatic N) is 3. The number of hydrogen-bond donors (Lipinski definition) is 2. The number of pyridine rings is 1. The molecular formula is C20H22N4O2. The molecule has 6 heteroatoms. The van der Waals surface area contributed by atoms with Crippen LogP contribution in [-0.4, -0.2) is 37.9 Å². The lowest BCUT2D eigenvalue weighted by molar-refractivity contribution is -0.136. The van der Waals surface area contributed by atoms with E-state index in [-0.39, 0.29) is 18.0 Å². The first-order valence-corrected chi connectivity index (χ1v) is 8.87. The maximum atomic E-state index is 11.2. The summed E-state index contributed by atoms with van der Waals surface area (Å²) >= 11 is 0. The van der Waals surface area contributed by atoms with E-state index in [1.807, 2.05) is 47.3 Å². The van der Waals surface area contributed by atoms with Gasteiger partial charge in [0.1, 0.15) is 0 Å². The summed E-state index contributed by atoms with van der Waals surface area (Å²) in [6.07, 6.45) is 3.54. The standard InChI is InChI=1S/C20H22N4O2/c1-20(11-14-6-4-5-9-21-14)12-15(13-22-20)24-18-8-3-2-7-16(18)17(23-24)10-19(25)26/h2-9,15,22H,10-13H2,1H3,(H,25,26). The van der Waals surface area contributed by atoms with Crippen molar-refractivity contribution >= 4 is 16.9 Å². The molecule has 0 bridgehead atoms. The fourth-order valence-electron chi connectivity index (χ4n) is 3.95. The number of para-hydroxylation sites is 1. The molecule has 0 amide bonds. The Morgan fingerprint density at radius 3 is 2.88 bits per heavy atom. The number of carbonyl (C=O) groups is 1. The molecule has 1 fully saturated rings. The summed E-state index contributed by atoms with van der Waals surface area (Å²) in [7, 11) is 0. The van der Waals surface area contributed by atoms with Crippen molar-refractivity contribution in [3.63, 3.8) is 0 Å². The molecule has 134 valence electrons. The van der Waals surface area contributed by atoms with Gasteiger partial charge >= 0.3 is 5.97 Å². The van der Waals surface area contributed by atoms with Crippen molar-refractivity contribution in [2.24, 2.45) is 0 Å². The number of nitrogens with one attached hydrogen (secondary N) is 1. The van der Waals surface area contributed by atoms with E-state index in [2.05, 4.69) is 28.4 Å². The molecule has 2 unspecified atom stereocenters. The van der Waals surface area contributed by atoms with Crippen molar-refractivity contribution in [1.82, 2.24) is 20.1 Å². The molecule has 2 N–H and O–H groups in total. The van der Waals surface area contributed by atoms with Crippen LogP contribution in [0, 0.1) is 0 Å². The summed E-state index contributed by atoms with van der Waals surface area (Å²) in [6, 6.07) is 14.0. The third-order valence-corrected chi connectivity index (χ3v) is 5.10. The fourth-order valence-corrected chi connectivity index (χ4v) is 3.95. The van der Waals surface area contributed by atoms with Crippen LogP contribution in [0.4, 0.5) is 0 Å². The number of hydrogen-bond acceptors (Lipinski definition) is 4. The summed E-state index contributed by atoms with van der Waals surface area (Å²) in [6.45, 7) is 3.02. The molecule has 2 atom stereocenters. The highest BCUT2D eigenvalue weighted by atomic mass is 16.4. The zero-order valence-electron chi connectivity index (χ0n) is 14.7. The van der Waals surface area contributed by atoms with Crippen molar-refractivity contribution in [3.05, 3.63) is 60.0 Å². The Kier molecular flexibility index (Phi) is 4.20. The van der Waals surface area contributed by atoms with Crippen LogP contribution in [0.1, 0.15) is 30.8 Å². The van der Waals surface area contributed by atoms with Crippen molar-refractivity contribution in [1.29, 1.82) is 0 Å². The van der Waals surface area contributed by atoms with E-state index in [1.165, 1.54) is 0 Å². The predicted molar refractivity (Wildman–Crippen MR) is 99.1 cm³/mol. The van der Waals surface area contributed by atoms with E-state index in [0.717, 1.165) is 36.0 Å². The van der Waals surface area contributed by atoms with Gasteiger partial charge in [-0.25, -0.2) is 0 Å². The monoisotopic (exact) mass is 350 g/mol. The molecule has 26 heavy (non-hydrogen) atoms. The zero-order chi connectivity index (χ0) is 18.1. The van der Waals surface area contributed by atoms with Crippen LogP contribution >= 0.6 is 0 Å². The molecule has 4 rings (SSSR count). The Bertz CT molecular complexity index is 937. The SMILES string of the molecule is CC1(Cc2ccccn2)CC(n2nc(CC(=O)O)c3ccccc32)CN1. The number of aliphatic carboxylic acids is 1. The van der Waals surface area contributed by atoms with Gasteiger partial charge in [0, 0.05) is 35.8 Å². The van der Waals surface area contributed by atoms with Gasteiger partial charge in [-0.15, -0.1) is 0 Å². The second-order valence-electron chi connectivity index (χ2n) is 7.28. The summed E-state index contributed by atoms with van der Waals surface area (Å²) in [5, 5.41) is 18.4. The van der Waals surface area contributed by atoms with Gasteiger partial charge < -0.3 is 10.4 Å². The molecule has 0 radical (unpaired) electrons. The van der Waals surface area contributed by atoms with Gasteiger partial charge in [-0.1, -0.05) is 24.3 Å². The quantitative estimate of drug-likeness (QED) is 0.739. The molecule has 2 aromatic heterocycles. The Labute approximate surface area is 151 Å². The van der Waals surface area contributed by atoms with Gasteiger partial charge in [-0.05, 0) is 31.5 Å². The number of carboxylic acid groups (broad SMARTS) is 1. The predicted octanol–water partition coefficient (Wildman–Crippen LogP) is 2.59. The van der Waals surface area contributed by atoms with Crippen LogP contribution in [0.15, 0.2) is 48.7 Å². The van der Waals surface area contributed by atoms with Crippen molar-refractivity contribution in [2.75, 3.05) is 6.54 Å². The van der Waals surface area contributed by atoms with E-state index in [4.69, 9.17) is 0 Å². The Hall–Kier alpha value is -2.73. The van der Waals surface area contributed by atoms with Gasteiger partial charge in [0.05, 0.1) is 23.7 Å². The summed E-state index contributed by atoms with van der Waals surface area (Å²) in [4.78, 5) is 15.6. The minimum atomic E-state index is -0.857. The van der Waals surface area contributed by atoms with Crippen LogP contribution in [0.25, 0.3) is 10.9 Å². The number of fused-ring (bicyclic) bond motifs is 1. The lowest BCUT2D eigenvalue weighted by Crippen LogP contribution is -2.38. The number of benzene rings is 1. The Morgan fingerprint density at radius 2 is 2.12 bits per heavy atom. The van der Waals surface area contributed by atoms with Crippen LogP contribution in [0.3, 0.4) is 0 Å². The highest BCUT2D eigenvalue weighted by Gasteiger charge is 2.37. The molecule has 3 heterocycles. The van der Waals surface area contributed by atoms with E-state index >= 15 is 0 Å². The Balaban J connectivity index is 1.62. The lowest BCUT2D eigenvalue weighted by Gasteiger charge is -2.24. The summed E-state index contributed by atoms with van der Waals surface area (Å²) < 4.78 is 2.00. The molecule has 1 saturated heterocycles. The molecule has 1 aliphatic heterocycles. The van der Waals surface area contributed by atoms with E-state index < -0.39 is 5.97 Å². The van der Waals surface area contributed by atoms with Gasteiger partial charge in [-0.2, -0.15) is 5.10 Å². The van der Waals surface area contributed by atoms with Crippen LogP contribution in [0.5, 0.6) is 0 Å². The second kappa shape index (κ2) is 6.53. The minimum absolute atomic E-state index is 0.0565. The third kappa shape index (κ3) is 3.20. The third-order valence-electron chi connectivity index (χ3n) is 5.10. The van der Waals surface area contributed by atoms with Gasteiger partial charge in [0.25, 0.3) is 0 Å². The highest BCUT2D eigenvalue weighted by Crippen LogP contribution is 2.33. The van der Waals surface area contributed by atoms with E-state index in [0.29, 0.717) is 5.69 Å². The van der Waals surface area contributed by atoms with Crippen molar-refractivity contribution in [2.45, 2.75) is 37.8 Å². The number of carboxylic acids is 1. The average Bonchev–Trinajstić information content (AvgIpc) is 3.17. The Morgan fingerprint density at radius 1 is 1.31 bits per heavy atom. The van der Waals surface area contributed by atoms with Gasteiger partial charge in [-0.3, -0.25) is 14.5 Å². The lowest BCUT2D eigenvalue weighted by atomic mass is 9.92. The average molecular weight is 350 g/mol. The van der Waals surface area contributed by atoms with Gasteiger partial charge in [0.2, 0.25) is 0 Å². The van der Waals surface area contributed by atoms with E-state index in [9.17, 15) is 9.90 Å². The molecule has 1 aliphatic rings. The maximum Gasteiger partial charge on any atom is 0.309 e. The normalized spacial score (nSPS) is 22.7. The summed E-state index contributed by atoms with van der Waals surface area (Å²) in [5.41, 5.74) is 2.64. The van der Waals surface area contributed by atoms with Gasteiger partial charge in [0.15, 0.2) is 0 Å². The van der Waals surface area contributed by atoms with Crippen molar-refractivity contribution < 1.29 is 9.90 Å². The largest absolute Gasteiger partial charge is 0.481 e. The highest BCUT2D eigenvalue weighted by molar-refractivity contribution is 5.85. The molecule has 3 aromatic rings. The molecule has 1 aromatic carbocycles. The molecular weight excluding hydrogens is 328 g/mol. The molecule has 6 nitrogen and oxygen atoms in total. The van der Waals surface area contributed by atoms with Crippen molar-refractivity contribution in [3.8, 4) is 0 Å². The van der Waals surface area contributed by atoms with E-state index in [1.54, 1.807) is 0 Å². The smallest absolute Gasteiger partial charge is 0.309 e. The topological polar surface area (TPSA) is 80.0 Å². The fraction of sp³-hybridized carbons (Fsp3) is 0.350. The molecule has 0 saturated carbocycles. The minimum Gasteiger partial charge on any atom is -0.481 e. The first-order chi connectivity index (χ1) is 12.5. The molecule has 0 spiro atoms. The summed E-state index contributed by atoms with van der Waals surface area (Å²) in [5.74, 6) is -0.857. The molecule has 0 aliphatic carbocycles. The zero-order valence-corrected chi connectivity index (χ0v) is 14.7. The first-order valence-electron chi connectivity index (χ1n) is 8.87. The second-order valence-corrected chi connectivity index (χ2v) is 7.28. The maximum absolute atomic E-state index is 11.2. The first kappa shape index (κ1) is 16.7. The van der Waals surface area contributed by atoms with Crippen LogP contribution in [0.2, 0.25) is 0 Å².